The number of hydrogen-bond acceptors (Lipinski definition) is 6. The molecule has 2 heterocycles. The van der Waals surface area contributed by atoms with E-state index in [1.807, 2.05) is 44.2 Å². The van der Waals surface area contributed by atoms with Crippen LogP contribution in [0.4, 0.5) is 0 Å². The van der Waals surface area contributed by atoms with Crippen molar-refractivity contribution < 1.29 is 28.5 Å². The average Bonchev–Trinajstić information content (AvgIpc) is 3.30. The minimum atomic E-state index is -0.429. The fourth-order valence-electron chi connectivity index (χ4n) is 3.42. The van der Waals surface area contributed by atoms with Gasteiger partial charge in [-0.25, -0.2) is 4.79 Å². The summed E-state index contributed by atoms with van der Waals surface area (Å²) in [6, 6.07) is 9.29. The van der Waals surface area contributed by atoms with Gasteiger partial charge in [-0.2, -0.15) is 0 Å². The fourth-order valence-corrected chi connectivity index (χ4v) is 3.42. The van der Waals surface area contributed by atoms with Crippen LogP contribution in [0.2, 0.25) is 0 Å². The Morgan fingerprint density at radius 2 is 1.93 bits per heavy atom. The first-order chi connectivity index (χ1) is 14.0. The highest BCUT2D eigenvalue weighted by atomic mass is 16.7. The molecular weight excluding hydrogens is 374 g/mol. The summed E-state index contributed by atoms with van der Waals surface area (Å²) < 4.78 is 27.6. The summed E-state index contributed by atoms with van der Waals surface area (Å²) in [4.78, 5) is 15.9. The van der Waals surface area contributed by atoms with Gasteiger partial charge in [0, 0.05) is 17.0 Å². The van der Waals surface area contributed by atoms with Gasteiger partial charge in [-0.3, -0.25) is 0 Å². The number of carbonyl (C=O) groups is 1. The Balaban J connectivity index is 1.94. The van der Waals surface area contributed by atoms with E-state index in [4.69, 9.17) is 23.7 Å². The van der Waals surface area contributed by atoms with Gasteiger partial charge in [-0.15, -0.1) is 0 Å². The number of rotatable bonds is 6. The number of methoxy groups -OCH3 is 1. The van der Waals surface area contributed by atoms with Crippen molar-refractivity contribution in [1.82, 2.24) is 4.98 Å². The molecule has 4 rings (SSSR count). The van der Waals surface area contributed by atoms with Crippen molar-refractivity contribution in [3.05, 3.63) is 36.0 Å². The molecule has 0 atom stereocenters. The molecule has 1 aliphatic rings. The van der Waals surface area contributed by atoms with Gasteiger partial charge < -0.3 is 28.7 Å². The number of nitrogens with one attached hydrogen (secondary N) is 1. The van der Waals surface area contributed by atoms with Crippen LogP contribution in [0, 0.1) is 0 Å². The lowest BCUT2D eigenvalue weighted by Gasteiger charge is -2.14. The predicted molar refractivity (Wildman–Crippen MR) is 108 cm³/mol. The van der Waals surface area contributed by atoms with Gasteiger partial charge >= 0.3 is 5.97 Å². The highest BCUT2D eigenvalue weighted by Gasteiger charge is 2.24. The van der Waals surface area contributed by atoms with Crippen molar-refractivity contribution in [2.75, 3.05) is 20.5 Å². The van der Waals surface area contributed by atoms with Crippen molar-refractivity contribution in [2.24, 2.45) is 0 Å². The van der Waals surface area contributed by atoms with Gasteiger partial charge in [0.1, 0.15) is 5.69 Å². The van der Waals surface area contributed by atoms with Crippen molar-refractivity contribution >= 4 is 16.9 Å². The number of aromatic amines is 1. The van der Waals surface area contributed by atoms with Crippen LogP contribution < -0.4 is 18.9 Å². The maximum absolute atomic E-state index is 12.7. The van der Waals surface area contributed by atoms with Crippen molar-refractivity contribution in [1.29, 1.82) is 0 Å². The Morgan fingerprint density at radius 3 is 2.66 bits per heavy atom. The van der Waals surface area contributed by atoms with Crippen LogP contribution in [-0.2, 0) is 4.74 Å². The zero-order chi connectivity index (χ0) is 20.5. The van der Waals surface area contributed by atoms with Crippen LogP contribution in [0.3, 0.4) is 0 Å². The molecule has 0 saturated heterocycles. The molecule has 29 heavy (non-hydrogen) atoms. The lowest BCUT2D eigenvalue weighted by molar-refractivity contribution is 0.0521. The summed E-state index contributed by atoms with van der Waals surface area (Å²) in [6.45, 7) is 6.13. The molecule has 7 nitrogen and oxygen atoms in total. The molecule has 7 heteroatoms. The van der Waals surface area contributed by atoms with E-state index in [1.165, 1.54) is 0 Å². The van der Waals surface area contributed by atoms with Gasteiger partial charge in [0.25, 0.3) is 0 Å². The third kappa shape index (κ3) is 3.44. The number of benzene rings is 2. The summed E-state index contributed by atoms with van der Waals surface area (Å²) in [7, 11) is 1.59. The normalized spacial score (nSPS) is 12.4. The van der Waals surface area contributed by atoms with Gasteiger partial charge in [0.05, 0.1) is 25.3 Å². The first-order valence-electron chi connectivity index (χ1n) is 9.49. The second-order valence-corrected chi connectivity index (χ2v) is 6.88. The summed E-state index contributed by atoms with van der Waals surface area (Å²) in [6.07, 6.45) is -0.0193. The average molecular weight is 397 g/mol. The molecule has 1 aromatic heterocycles. The molecule has 0 fully saturated rings. The smallest absolute Gasteiger partial charge is 0.355 e. The Bertz CT molecular complexity index is 1070. The molecule has 0 aliphatic carbocycles. The van der Waals surface area contributed by atoms with E-state index in [0.717, 1.165) is 16.5 Å². The molecule has 2 aromatic carbocycles. The topological polar surface area (TPSA) is 79.0 Å². The molecule has 0 bridgehead atoms. The summed E-state index contributed by atoms with van der Waals surface area (Å²) >= 11 is 0. The lowest BCUT2D eigenvalue weighted by atomic mass is 10.0. The van der Waals surface area contributed by atoms with Crippen LogP contribution in [0.15, 0.2) is 30.3 Å². The number of carbonyl (C=O) groups excluding carboxylic acids is 1. The SMILES string of the molecule is CCOC(=O)c1[nH]c2cc(OC(C)C)c(OC)cc2c1-c1ccc2c(c1)OCO2. The summed E-state index contributed by atoms with van der Waals surface area (Å²) in [5.41, 5.74) is 2.64. The zero-order valence-electron chi connectivity index (χ0n) is 16.8. The van der Waals surface area contributed by atoms with E-state index < -0.39 is 5.97 Å². The van der Waals surface area contributed by atoms with Crippen molar-refractivity contribution in [3.63, 3.8) is 0 Å². The molecule has 1 N–H and O–H groups in total. The number of H-pyrrole nitrogens is 1. The minimum Gasteiger partial charge on any atom is -0.493 e. The number of ether oxygens (including phenoxy) is 5. The van der Waals surface area contributed by atoms with E-state index in [-0.39, 0.29) is 19.5 Å². The third-order valence-corrected chi connectivity index (χ3v) is 4.59. The van der Waals surface area contributed by atoms with Crippen LogP contribution in [0.25, 0.3) is 22.0 Å². The highest BCUT2D eigenvalue weighted by Crippen LogP contribution is 2.42. The van der Waals surface area contributed by atoms with E-state index in [0.29, 0.717) is 34.3 Å². The van der Waals surface area contributed by atoms with Crippen LogP contribution in [-0.4, -0.2) is 37.6 Å². The molecule has 0 radical (unpaired) electrons. The van der Waals surface area contributed by atoms with Crippen molar-refractivity contribution in [2.45, 2.75) is 26.9 Å². The number of hydrogen-bond donors (Lipinski definition) is 1. The quantitative estimate of drug-likeness (QED) is 0.616. The van der Waals surface area contributed by atoms with E-state index in [1.54, 1.807) is 14.0 Å². The molecule has 0 spiro atoms. The fraction of sp³-hybridized carbons (Fsp3) is 0.318. The number of fused-ring (bicyclic) bond motifs is 2. The Labute approximate surface area is 168 Å². The molecule has 3 aromatic rings. The molecule has 1 aliphatic heterocycles. The van der Waals surface area contributed by atoms with Gasteiger partial charge in [-0.1, -0.05) is 6.07 Å². The zero-order valence-corrected chi connectivity index (χ0v) is 16.8. The Hall–Kier alpha value is -3.35. The largest absolute Gasteiger partial charge is 0.493 e. The lowest BCUT2D eigenvalue weighted by Crippen LogP contribution is -2.06. The summed E-state index contributed by atoms with van der Waals surface area (Å²) in [5.74, 6) is 2.07. The molecule has 0 saturated carbocycles. The molecular formula is C22H23NO6. The monoisotopic (exact) mass is 397 g/mol. The number of aromatic nitrogens is 1. The minimum absolute atomic E-state index is 0.0193. The molecule has 152 valence electrons. The second kappa shape index (κ2) is 7.58. The third-order valence-electron chi connectivity index (χ3n) is 4.59. The van der Waals surface area contributed by atoms with Gasteiger partial charge in [0.2, 0.25) is 6.79 Å². The molecule has 0 amide bonds. The first kappa shape index (κ1) is 19.0. The second-order valence-electron chi connectivity index (χ2n) is 6.88. The van der Waals surface area contributed by atoms with E-state index in [9.17, 15) is 4.79 Å². The Kier molecular flexibility index (Phi) is 4.96. The van der Waals surface area contributed by atoms with Crippen LogP contribution >= 0.6 is 0 Å². The van der Waals surface area contributed by atoms with Crippen molar-refractivity contribution in [3.8, 4) is 34.1 Å². The van der Waals surface area contributed by atoms with E-state index in [2.05, 4.69) is 4.98 Å². The summed E-state index contributed by atoms with van der Waals surface area (Å²) in [5, 5.41) is 0.819. The molecule has 0 unspecified atom stereocenters. The van der Waals surface area contributed by atoms with E-state index >= 15 is 0 Å². The maximum Gasteiger partial charge on any atom is 0.355 e. The van der Waals surface area contributed by atoms with Gasteiger partial charge in [-0.05, 0) is 44.5 Å². The Morgan fingerprint density at radius 1 is 1.14 bits per heavy atom. The standard InChI is InChI=1S/C22H23NO6/c1-5-26-22(24)21-20(13-6-7-16-18(8-13)28-11-27-16)14-9-17(25-4)19(29-12(2)3)10-15(14)23-21/h6-10,12,23H,5,11H2,1-4H3. The highest BCUT2D eigenvalue weighted by molar-refractivity contribution is 6.09. The predicted octanol–water partition coefficient (Wildman–Crippen LogP) is 4.54. The number of esters is 1. The maximum atomic E-state index is 12.7. The van der Waals surface area contributed by atoms with Crippen LogP contribution in [0.1, 0.15) is 31.3 Å². The van der Waals surface area contributed by atoms with Crippen LogP contribution in [0.5, 0.6) is 23.0 Å². The van der Waals surface area contributed by atoms with Gasteiger partial charge in [0.15, 0.2) is 23.0 Å². The first-order valence-corrected chi connectivity index (χ1v) is 9.49.